The number of hydrogen-bond donors (Lipinski definition) is 0. The molecular formula is C24H21Cl2N3S. The molecule has 3 nitrogen and oxygen atoms in total. The first-order chi connectivity index (χ1) is 14.6. The number of halogens is 2. The molecule has 0 saturated heterocycles. The van der Waals surface area contributed by atoms with Gasteiger partial charge in [-0.3, -0.25) is 0 Å². The van der Waals surface area contributed by atoms with Crippen LogP contribution in [0.5, 0.6) is 0 Å². The third-order valence-corrected chi connectivity index (χ3v) is 7.90. The van der Waals surface area contributed by atoms with Gasteiger partial charge in [0.25, 0.3) is 0 Å². The highest BCUT2D eigenvalue weighted by molar-refractivity contribution is 7.14. The summed E-state index contributed by atoms with van der Waals surface area (Å²) < 4.78 is 2.56. The molecule has 0 N–H and O–H groups in total. The van der Waals surface area contributed by atoms with Crippen LogP contribution in [0.2, 0.25) is 10.0 Å². The van der Waals surface area contributed by atoms with Gasteiger partial charge in [-0.05, 0) is 62.1 Å². The summed E-state index contributed by atoms with van der Waals surface area (Å²) in [5, 5.41) is 5.94. The van der Waals surface area contributed by atoms with E-state index in [-0.39, 0.29) is 0 Å². The summed E-state index contributed by atoms with van der Waals surface area (Å²) >= 11 is 14.2. The molecule has 0 radical (unpaired) electrons. The van der Waals surface area contributed by atoms with Crippen LogP contribution in [0, 0.1) is 6.92 Å². The van der Waals surface area contributed by atoms with Gasteiger partial charge in [0.05, 0.1) is 16.8 Å². The van der Waals surface area contributed by atoms with Crippen molar-refractivity contribution in [1.29, 1.82) is 0 Å². The Hall–Kier alpha value is -2.01. The second-order valence-corrected chi connectivity index (χ2v) is 9.96. The number of rotatable bonds is 2. The Bertz CT molecular complexity index is 1290. The van der Waals surface area contributed by atoms with Crippen LogP contribution >= 0.6 is 34.5 Å². The first-order valence-electron chi connectivity index (χ1n) is 10.4. The van der Waals surface area contributed by atoms with Crippen LogP contribution in [-0.4, -0.2) is 16.1 Å². The second-order valence-electron chi connectivity index (χ2n) is 8.28. The minimum Gasteiger partial charge on any atom is -0.341 e. The average molecular weight is 454 g/mol. The van der Waals surface area contributed by atoms with Crippen LogP contribution in [0.3, 0.4) is 0 Å². The molecule has 0 saturated carbocycles. The standard InChI is InChI=1S/C24H21Cl2N3S/c1-14-5-8-21-18(11-14)16-3-2-4-22-23(16)28(21)9-10-29(22)24-27-20(13-30-24)17-7-6-15(25)12-19(17)26/h5-8,11-13,22H,2-4,9-10H2,1H3/t22-/m1/s1. The number of thiazole rings is 1. The van der Waals surface area contributed by atoms with Crippen LogP contribution in [0.25, 0.3) is 22.2 Å². The molecule has 6 rings (SSSR count). The van der Waals surface area contributed by atoms with E-state index in [4.69, 9.17) is 28.2 Å². The van der Waals surface area contributed by atoms with Crippen molar-refractivity contribution >= 4 is 50.6 Å². The Balaban J connectivity index is 1.42. The molecule has 0 fully saturated rings. The molecule has 1 aliphatic carbocycles. The molecule has 0 bridgehead atoms. The summed E-state index contributed by atoms with van der Waals surface area (Å²) in [6, 6.07) is 12.9. The van der Waals surface area contributed by atoms with Gasteiger partial charge < -0.3 is 9.47 Å². The van der Waals surface area contributed by atoms with E-state index in [1.165, 1.54) is 41.4 Å². The van der Waals surface area contributed by atoms with Crippen molar-refractivity contribution in [2.45, 2.75) is 38.8 Å². The van der Waals surface area contributed by atoms with Gasteiger partial charge in [-0.25, -0.2) is 4.98 Å². The zero-order chi connectivity index (χ0) is 20.4. The Labute approximate surface area is 189 Å². The molecule has 0 spiro atoms. The fourth-order valence-electron chi connectivity index (χ4n) is 5.16. The van der Waals surface area contributed by atoms with Gasteiger partial charge in [-0.1, -0.05) is 34.8 Å². The fourth-order valence-corrected chi connectivity index (χ4v) is 6.57. The minimum atomic E-state index is 0.398. The van der Waals surface area contributed by atoms with Crippen LogP contribution in [-0.2, 0) is 13.0 Å². The molecule has 3 heterocycles. The Morgan fingerprint density at radius 3 is 2.87 bits per heavy atom. The highest BCUT2D eigenvalue weighted by Crippen LogP contribution is 2.45. The van der Waals surface area contributed by atoms with E-state index in [0.717, 1.165) is 29.5 Å². The normalized spacial score (nSPS) is 18.1. The molecule has 6 heteroatoms. The van der Waals surface area contributed by atoms with Crippen molar-refractivity contribution in [1.82, 2.24) is 9.55 Å². The predicted octanol–water partition coefficient (Wildman–Crippen LogP) is 7.28. The lowest BCUT2D eigenvalue weighted by Gasteiger charge is -2.39. The van der Waals surface area contributed by atoms with Crippen molar-refractivity contribution in [3.63, 3.8) is 0 Å². The third kappa shape index (κ3) is 2.81. The second kappa shape index (κ2) is 7.01. The molecule has 30 heavy (non-hydrogen) atoms. The molecule has 1 atom stereocenters. The summed E-state index contributed by atoms with van der Waals surface area (Å²) in [6.07, 6.45) is 3.58. The summed E-state index contributed by atoms with van der Waals surface area (Å²) in [7, 11) is 0. The van der Waals surface area contributed by atoms with Crippen LogP contribution in [0.15, 0.2) is 41.8 Å². The molecule has 0 amide bonds. The highest BCUT2D eigenvalue weighted by atomic mass is 35.5. The van der Waals surface area contributed by atoms with Crippen LogP contribution in [0.4, 0.5) is 5.13 Å². The molecule has 2 aliphatic rings. The number of nitrogens with zero attached hydrogens (tertiary/aromatic N) is 3. The molecule has 0 unspecified atom stereocenters. The lowest BCUT2D eigenvalue weighted by molar-refractivity contribution is 0.437. The molecule has 2 aromatic heterocycles. The number of aryl methyl sites for hydroxylation is 2. The maximum Gasteiger partial charge on any atom is 0.186 e. The molecular weight excluding hydrogens is 433 g/mol. The molecule has 1 aliphatic heterocycles. The highest BCUT2D eigenvalue weighted by Gasteiger charge is 2.36. The lowest BCUT2D eigenvalue weighted by atomic mass is 9.90. The number of fused-ring (bicyclic) bond motifs is 3. The SMILES string of the molecule is Cc1ccc2c(c1)c1c3n2CCN(c2nc(-c4ccc(Cl)cc4Cl)cs2)[C@@H]3CCC1. The zero-order valence-corrected chi connectivity index (χ0v) is 19.0. The Morgan fingerprint density at radius 1 is 1.10 bits per heavy atom. The minimum absolute atomic E-state index is 0.398. The van der Waals surface area contributed by atoms with Crippen molar-refractivity contribution in [3.8, 4) is 11.3 Å². The van der Waals surface area contributed by atoms with Gasteiger partial charge in [0.2, 0.25) is 0 Å². The number of aromatic nitrogens is 2. The number of benzene rings is 2. The smallest absolute Gasteiger partial charge is 0.186 e. The topological polar surface area (TPSA) is 21.1 Å². The Kier molecular flexibility index (Phi) is 4.38. The van der Waals surface area contributed by atoms with Crippen molar-refractivity contribution in [2.75, 3.05) is 11.4 Å². The predicted molar refractivity (Wildman–Crippen MR) is 127 cm³/mol. The maximum atomic E-state index is 6.43. The van der Waals surface area contributed by atoms with E-state index in [1.807, 2.05) is 12.1 Å². The van der Waals surface area contributed by atoms with Crippen molar-refractivity contribution in [2.24, 2.45) is 0 Å². The van der Waals surface area contributed by atoms with Crippen LogP contribution < -0.4 is 4.90 Å². The molecule has 152 valence electrons. The van der Waals surface area contributed by atoms with E-state index in [9.17, 15) is 0 Å². The van der Waals surface area contributed by atoms with E-state index in [2.05, 4.69) is 40.0 Å². The van der Waals surface area contributed by atoms with E-state index >= 15 is 0 Å². The average Bonchev–Trinajstić information content (AvgIpc) is 3.33. The van der Waals surface area contributed by atoms with Gasteiger partial charge in [-0.15, -0.1) is 11.3 Å². The number of anilines is 1. The van der Waals surface area contributed by atoms with Crippen LogP contribution in [0.1, 0.15) is 35.7 Å². The van der Waals surface area contributed by atoms with Gasteiger partial charge >= 0.3 is 0 Å². The van der Waals surface area contributed by atoms with Crippen molar-refractivity contribution < 1.29 is 0 Å². The van der Waals surface area contributed by atoms with Gasteiger partial charge in [0.15, 0.2) is 5.13 Å². The third-order valence-electron chi connectivity index (χ3n) is 6.47. The maximum absolute atomic E-state index is 6.43. The number of hydrogen-bond acceptors (Lipinski definition) is 3. The van der Waals surface area contributed by atoms with Gasteiger partial charge in [0, 0.05) is 45.7 Å². The Morgan fingerprint density at radius 2 is 2.00 bits per heavy atom. The summed E-state index contributed by atoms with van der Waals surface area (Å²) in [6.45, 7) is 4.17. The van der Waals surface area contributed by atoms with E-state index < -0.39 is 0 Å². The first kappa shape index (κ1) is 18.7. The first-order valence-corrected chi connectivity index (χ1v) is 12.0. The quantitative estimate of drug-likeness (QED) is 0.317. The monoisotopic (exact) mass is 453 g/mol. The fraction of sp³-hybridized carbons (Fsp3) is 0.292. The summed E-state index contributed by atoms with van der Waals surface area (Å²) in [4.78, 5) is 7.51. The summed E-state index contributed by atoms with van der Waals surface area (Å²) in [5.74, 6) is 0. The van der Waals surface area contributed by atoms with Gasteiger partial charge in [0.1, 0.15) is 0 Å². The largest absolute Gasteiger partial charge is 0.341 e. The van der Waals surface area contributed by atoms with E-state index in [1.54, 1.807) is 23.0 Å². The summed E-state index contributed by atoms with van der Waals surface area (Å²) in [5.41, 5.74) is 7.65. The van der Waals surface area contributed by atoms with Gasteiger partial charge in [-0.2, -0.15) is 0 Å². The molecule has 2 aromatic carbocycles. The zero-order valence-electron chi connectivity index (χ0n) is 16.7. The lowest BCUT2D eigenvalue weighted by Crippen LogP contribution is -2.39. The molecule has 4 aromatic rings. The van der Waals surface area contributed by atoms with Crippen molar-refractivity contribution in [3.05, 3.63) is 68.6 Å². The van der Waals surface area contributed by atoms with E-state index in [0.29, 0.717) is 16.1 Å².